The van der Waals surface area contributed by atoms with Gasteiger partial charge in [-0.3, -0.25) is 0 Å². The number of aliphatic hydroxyl groups excluding tert-OH is 2. The fraction of sp³-hybridized carbons (Fsp3) is 0.300. The number of benzene rings is 1. The highest BCUT2D eigenvalue weighted by Crippen LogP contribution is 2.10. The van der Waals surface area contributed by atoms with Crippen LogP contribution < -0.4 is 0 Å². The summed E-state index contributed by atoms with van der Waals surface area (Å²) in [5, 5.41) is 26.4. The Hall–Kier alpha value is -1.59. The van der Waals surface area contributed by atoms with Crippen LogP contribution in [0.15, 0.2) is 24.3 Å². The summed E-state index contributed by atoms with van der Waals surface area (Å²) >= 11 is 0. The summed E-state index contributed by atoms with van der Waals surface area (Å²) in [5.74, 6) is -0.551. The van der Waals surface area contributed by atoms with Crippen molar-refractivity contribution in [1.82, 2.24) is 0 Å². The summed E-state index contributed by atoms with van der Waals surface area (Å²) in [5.41, 5.74) is 0.276. The molecule has 0 heterocycles. The third kappa shape index (κ3) is 3.57. The minimum Gasteiger partial charge on any atom is -0.508 e. The third-order valence-electron chi connectivity index (χ3n) is 1.72. The molecule has 0 spiro atoms. The zero-order chi connectivity index (χ0) is 11.3. The fourth-order valence-electron chi connectivity index (χ4n) is 0.905. The van der Waals surface area contributed by atoms with Crippen molar-refractivity contribution >= 4 is 5.97 Å². The van der Waals surface area contributed by atoms with Crippen LogP contribution in [-0.4, -0.2) is 40.6 Å². The molecule has 1 aromatic carbocycles. The second kappa shape index (κ2) is 5.33. The standard InChI is InChI=1S/C10H12O5/c11-5-9(13)6-15-10(14)7-1-3-8(12)4-2-7/h1-4,9,11-13H,5-6H2/t9-/m1/s1. The molecule has 5 nitrogen and oxygen atoms in total. The molecule has 1 rings (SSSR count). The van der Waals surface area contributed by atoms with E-state index >= 15 is 0 Å². The average molecular weight is 212 g/mol. The average Bonchev–Trinajstić information content (AvgIpc) is 2.26. The van der Waals surface area contributed by atoms with Gasteiger partial charge in [-0.1, -0.05) is 0 Å². The second-order valence-electron chi connectivity index (χ2n) is 2.98. The van der Waals surface area contributed by atoms with Gasteiger partial charge in [0.2, 0.25) is 0 Å². The molecule has 0 bridgehead atoms. The molecule has 5 heteroatoms. The number of phenolic OH excluding ortho intramolecular Hbond substituents is 1. The van der Waals surface area contributed by atoms with Gasteiger partial charge in [-0.25, -0.2) is 4.79 Å². The van der Waals surface area contributed by atoms with Crippen LogP contribution in [0.5, 0.6) is 5.75 Å². The Morgan fingerprint density at radius 1 is 1.33 bits per heavy atom. The van der Waals surface area contributed by atoms with E-state index in [1.165, 1.54) is 24.3 Å². The van der Waals surface area contributed by atoms with E-state index in [1.54, 1.807) is 0 Å². The number of hydrogen-bond acceptors (Lipinski definition) is 5. The van der Waals surface area contributed by atoms with Gasteiger partial charge in [0.05, 0.1) is 12.2 Å². The summed E-state index contributed by atoms with van der Waals surface area (Å²) in [7, 11) is 0. The molecule has 0 amide bonds. The normalized spacial score (nSPS) is 12.1. The maximum absolute atomic E-state index is 11.3. The van der Waals surface area contributed by atoms with Crippen LogP contribution in [0.25, 0.3) is 0 Å². The summed E-state index contributed by atoms with van der Waals surface area (Å²) in [6, 6.07) is 5.53. The van der Waals surface area contributed by atoms with Gasteiger partial charge in [0.25, 0.3) is 0 Å². The number of esters is 1. The molecule has 0 fully saturated rings. The highest BCUT2D eigenvalue weighted by atomic mass is 16.5. The predicted molar refractivity (Wildman–Crippen MR) is 51.5 cm³/mol. The first-order valence-electron chi connectivity index (χ1n) is 4.38. The van der Waals surface area contributed by atoms with Gasteiger partial charge < -0.3 is 20.1 Å². The first kappa shape index (κ1) is 11.5. The van der Waals surface area contributed by atoms with E-state index in [2.05, 4.69) is 0 Å². The molecule has 15 heavy (non-hydrogen) atoms. The summed E-state index contributed by atoms with van der Waals surface area (Å²) in [6.45, 7) is -0.709. The molecule has 0 unspecified atom stereocenters. The number of carbonyl (C=O) groups is 1. The summed E-state index contributed by atoms with van der Waals surface area (Å²) < 4.78 is 4.69. The van der Waals surface area contributed by atoms with Crippen LogP contribution in [0.1, 0.15) is 10.4 Å². The van der Waals surface area contributed by atoms with Crippen molar-refractivity contribution in [3.05, 3.63) is 29.8 Å². The Balaban J connectivity index is 2.50. The Morgan fingerprint density at radius 2 is 1.93 bits per heavy atom. The Labute approximate surface area is 86.5 Å². The lowest BCUT2D eigenvalue weighted by atomic mass is 10.2. The third-order valence-corrected chi connectivity index (χ3v) is 1.72. The van der Waals surface area contributed by atoms with E-state index in [0.717, 1.165) is 0 Å². The molecule has 0 aliphatic carbocycles. The number of aliphatic hydroxyl groups is 2. The molecular weight excluding hydrogens is 200 g/mol. The van der Waals surface area contributed by atoms with Gasteiger partial charge in [-0.15, -0.1) is 0 Å². The van der Waals surface area contributed by atoms with Crippen molar-refractivity contribution in [2.24, 2.45) is 0 Å². The number of carbonyl (C=O) groups excluding carboxylic acids is 1. The largest absolute Gasteiger partial charge is 0.508 e. The van der Waals surface area contributed by atoms with Gasteiger partial charge >= 0.3 is 5.97 Å². The molecule has 0 saturated carbocycles. The number of aromatic hydroxyl groups is 1. The zero-order valence-corrected chi connectivity index (χ0v) is 7.96. The fourth-order valence-corrected chi connectivity index (χ4v) is 0.905. The van der Waals surface area contributed by atoms with Crippen LogP contribution in [0, 0.1) is 0 Å². The van der Waals surface area contributed by atoms with Gasteiger partial charge in [-0.05, 0) is 24.3 Å². The quantitative estimate of drug-likeness (QED) is 0.607. The Kier molecular flexibility index (Phi) is 4.08. The van der Waals surface area contributed by atoms with Crippen LogP contribution in [-0.2, 0) is 4.74 Å². The molecular formula is C10H12O5. The van der Waals surface area contributed by atoms with Crippen LogP contribution in [0.3, 0.4) is 0 Å². The van der Waals surface area contributed by atoms with E-state index in [0.29, 0.717) is 0 Å². The van der Waals surface area contributed by atoms with Gasteiger partial charge in [-0.2, -0.15) is 0 Å². The number of phenols is 1. The molecule has 1 aromatic rings. The summed E-state index contributed by atoms with van der Waals surface area (Å²) in [6.07, 6.45) is -1.06. The lowest BCUT2D eigenvalue weighted by Gasteiger charge is -2.08. The van der Waals surface area contributed by atoms with Crippen molar-refractivity contribution in [2.45, 2.75) is 6.10 Å². The maximum atomic E-state index is 11.3. The summed E-state index contributed by atoms with van der Waals surface area (Å²) in [4.78, 5) is 11.3. The van der Waals surface area contributed by atoms with E-state index in [9.17, 15) is 4.79 Å². The van der Waals surface area contributed by atoms with E-state index in [1.807, 2.05) is 0 Å². The minimum absolute atomic E-state index is 0.0574. The first-order chi connectivity index (χ1) is 7.13. The van der Waals surface area contributed by atoms with Gasteiger partial charge in [0, 0.05) is 0 Å². The first-order valence-corrected chi connectivity index (χ1v) is 4.38. The molecule has 0 saturated heterocycles. The molecule has 82 valence electrons. The van der Waals surface area contributed by atoms with E-state index in [-0.39, 0.29) is 17.9 Å². The highest BCUT2D eigenvalue weighted by molar-refractivity contribution is 5.89. The molecule has 0 aliphatic heterocycles. The zero-order valence-electron chi connectivity index (χ0n) is 7.96. The molecule has 0 radical (unpaired) electrons. The Bertz CT molecular complexity index is 319. The van der Waals surface area contributed by atoms with Gasteiger partial charge in [0.1, 0.15) is 18.5 Å². The molecule has 1 atom stereocenters. The molecule has 3 N–H and O–H groups in total. The van der Waals surface area contributed by atoms with E-state index < -0.39 is 18.7 Å². The van der Waals surface area contributed by atoms with Crippen LogP contribution in [0.2, 0.25) is 0 Å². The number of ether oxygens (including phenoxy) is 1. The molecule has 0 aromatic heterocycles. The Morgan fingerprint density at radius 3 is 2.47 bits per heavy atom. The maximum Gasteiger partial charge on any atom is 0.338 e. The lowest BCUT2D eigenvalue weighted by Crippen LogP contribution is -2.21. The van der Waals surface area contributed by atoms with Crippen molar-refractivity contribution in [2.75, 3.05) is 13.2 Å². The van der Waals surface area contributed by atoms with E-state index in [4.69, 9.17) is 20.1 Å². The minimum atomic E-state index is -1.06. The highest BCUT2D eigenvalue weighted by Gasteiger charge is 2.09. The van der Waals surface area contributed by atoms with Gasteiger partial charge in [0.15, 0.2) is 0 Å². The smallest absolute Gasteiger partial charge is 0.338 e. The van der Waals surface area contributed by atoms with Crippen LogP contribution >= 0.6 is 0 Å². The second-order valence-corrected chi connectivity index (χ2v) is 2.98. The monoisotopic (exact) mass is 212 g/mol. The van der Waals surface area contributed by atoms with Crippen LogP contribution in [0.4, 0.5) is 0 Å². The van der Waals surface area contributed by atoms with Crippen molar-refractivity contribution in [3.63, 3.8) is 0 Å². The predicted octanol–water partition coefficient (Wildman–Crippen LogP) is -0.0978. The molecule has 0 aliphatic rings. The van der Waals surface area contributed by atoms with Crippen molar-refractivity contribution in [3.8, 4) is 5.75 Å². The topological polar surface area (TPSA) is 87.0 Å². The lowest BCUT2D eigenvalue weighted by molar-refractivity contribution is 0.00933. The number of rotatable bonds is 4. The van der Waals surface area contributed by atoms with Crippen molar-refractivity contribution < 1.29 is 24.9 Å². The van der Waals surface area contributed by atoms with Crippen molar-refractivity contribution in [1.29, 1.82) is 0 Å². The SMILES string of the molecule is O=C(OC[C@H](O)CO)c1ccc(O)cc1. The number of hydrogen-bond donors (Lipinski definition) is 3.